The zero-order valence-corrected chi connectivity index (χ0v) is 13.4. The standard InChI is InChI=1S/C14H29N3O2S/c1-2-14(12-15)20(18,19)17-10-6-13(7-11-17)16-8-4-3-5-9-16/h13-14H,2-12,15H2,1H3. The average molecular weight is 303 g/mol. The van der Waals surface area contributed by atoms with Gasteiger partial charge in [0.25, 0.3) is 0 Å². The van der Waals surface area contributed by atoms with Crippen molar-refractivity contribution >= 4 is 10.0 Å². The number of hydrogen-bond donors (Lipinski definition) is 1. The van der Waals surface area contributed by atoms with Crippen molar-refractivity contribution < 1.29 is 8.42 Å². The fourth-order valence-electron chi connectivity index (χ4n) is 3.46. The van der Waals surface area contributed by atoms with E-state index in [-0.39, 0.29) is 6.54 Å². The first-order valence-electron chi connectivity index (χ1n) is 8.02. The summed E-state index contributed by atoms with van der Waals surface area (Å²) in [5.41, 5.74) is 5.61. The summed E-state index contributed by atoms with van der Waals surface area (Å²) >= 11 is 0. The molecule has 20 heavy (non-hydrogen) atoms. The summed E-state index contributed by atoms with van der Waals surface area (Å²) in [6.45, 7) is 5.84. The third-order valence-electron chi connectivity index (χ3n) is 4.83. The maximum atomic E-state index is 12.5. The van der Waals surface area contributed by atoms with E-state index in [2.05, 4.69) is 4.90 Å². The Morgan fingerprint density at radius 2 is 1.70 bits per heavy atom. The third-order valence-corrected chi connectivity index (χ3v) is 7.28. The molecule has 0 aliphatic carbocycles. The van der Waals surface area contributed by atoms with Crippen LogP contribution in [0.2, 0.25) is 0 Å². The molecular formula is C14H29N3O2S. The van der Waals surface area contributed by atoms with Crippen molar-refractivity contribution in [1.29, 1.82) is 0 Å². The summed E-state index contributed by atoms with van der Waals surface area (Å²) in [5.74, 6) is 0. The highest BCUT2D eigenvalue weighted by Gasteiger charge is 2.34. The van der Waals surface area contributed by atoms with E-state index in [4.69, 9.17) is 5.73 Å². The van der Waals surface area contributed by atoms with Gasteiger partial charge < -0.3 is 10.6 Å². The van der Waals surface area contributed by atoms with Crippen LogP contribution in [0.1, 0.15) is 45.4 Å². The molecule has 0 aromatic carbocycles. The number of sulfonamides is 1. The normalized spacial score (nSPS) is 25.7. The molecule has 2 rings (SSSR count). The Bertz CT molecular complexity index is 381. The predicted molar refractivity (Wildman–Crippen MR) is 82.1 cm³/mol. The molecule has 0 saturated carbocycles. The SMILES string of the molecule is CCC(CN)S(=O)(=O)N1CCC(N2CCCCC2)CC1. The Hall–Kier alpha value is -0.170. The smallest absolute Gasteiger partial charge is 0.218 e. The maximum Gasteiger partial charge on any atom is 0.218 e. The summed E-state index contributed by atoms with van der Waals surface area (Å²) in [7, 11) is -3.19. The van der Waals surface area contributed by atoms with Crippen LogP contribution in [0.5, 0.6) is 0 Å². The molecule has 2 aliphatic heterocycles. The van der Waals surface area contributed by atoms with E-state index in [0.717, 1.165) is 12.8 Å². The van der Waals surface area contributed by atoms with Crippen LogP contribution >= 0.6 is 0 Å². The van der Waals surface area contributed by atoms with Crippen molar-refractivity contribution in [3.8, 4) is 0 Å². The fraction of sp³-hybridized carbons (Fsp3) is 1.00. The molecule has 2 heterocycles. The lowest BCUT2D eigenvalue weighted by molar-refractivity contribution is 0.117. The molecule has 2 N–H and O–H groups in total. The summed E-state index contributed by atoms with van der Waals surface area (Å²) in [5, 5.41) is -0.408. The predicted octanol–water partition coefficient (Wildman–Crippen LogP) is 1.00. The van der Waals surface area contributed by atoms with Gasteiger partial charge >= 0.3 is 0 Å². The second-order valence-electron chi connectivity index (χ2n) is 6.04. The molecule has 6 heteroatoms. The molecule has 5 nitrogen and oxygen atoms in total. The highest BCUT2D eigenvalue weighted by atomic mass is 32.2. The van der Waals surface area contributed by atoms with Gasteiger partial charge in [0.05, 0.1) is 5.25 Å². The lowest BCUT2D eigenvalue weighted by atomic mass is 10.0. The van der Waals surface area contributed by atoms with Gasteiger partial charge in [0.1, 0.15) is 0 Å². The minimum atomic E-state index is -3.19. The topological polar surface area (TPSA) is 66.6 Å². The monoisotopic (exact) mass is 303 g/mol. The minimum absolute atomic E-state index is 0.227. The molecular weight excluding hydrogens is 274 g/mol. The molecule has 0 bridgehead atoms. The van der Waals surface area contributed by atoms with E-state index in [1.54, 1.807) is 4.31 Å². The Balaban J connectivity index is 1.90. The van der Waals surface area contributed by atoms with Crippen LogP contribution in [-0.2, 0) is 10.0 Å². The van der Waals surface area contributed by atoms with E-state index in [1.807, 2.05) is 6.92 Å². The zero-order valence-electron chi connectivity index (χ0n) is 12.6. The summed E-state index contributed by atoms with van der Waals surface area (Å²) < 4.78 is 26.6. The first-order chi connectivity index (χ1) is 9.59. The molecule has 2 aliphatic rings. The maximum absolute atomic E-state index is 12.5. The Kier molecular flexibility index (Phi) is 5.84. The van der Waals surface area contributed by atoms with Gasteiger partial charge in [-0.15, -0.1) is 0 Å². The highest BCUT2D eigenvalue weighted by molar-refractivity contribution is 7.89. The van der Waals surface area contributed by atoms with E-state index < -0.39 is 15.3 Å². The Morgan fingerprint density at radius 1 is 1.10 bits per heavy atom. The van der Waals surface area contributed by atoms with Crippen LogP contribution in [0.25, 0.3) is 0 Å². The number of nitrogens with two attached hydrogens (primary N) is 1. The Morgan fingerprint density at radius 3 is 2.20 bits per heavy atom. The van der Waals surface area contributed by atoms with E-state index in [0.29, 0.717) is 25.6 Å². The van der Waals surface area contributed by atoms with Gasteiger partial charge in [0.15, 0.2) is 0 Å². The van der Waals surface area contributed by atoms with Gasteiger partial charge in [-0.3, -0.25) is 0 Å². The van der Waals surface area contributed by atoms with Crippen LogP contribution < -0.4 is 5.73 Å². The molecule has 1 unspecified atom stereocenters. The second kappa shape index (κ2) is 7.20. The summed E-state index contributed by atoms with van der Waals surface area (Å²) in [6.07, 6.45) is 6.48. The minimum Gasteiger partial charge on any atom is -0.329 e. The fourth-order valence-corrected chi connectivity index (χ4v) is 5.26. The van der Waals surface area contributed by atoms with E-state index >= 15 is 0 Å². The molecule has 0 aromatic rings. The number of rotatable bonds is 5. The lowest BCUT2D eigenvalue weighted by Crippen LogP contribution is -2.50. The summed E-state index contributed by atoms with van der Waals surface area (Å²) in [4.78, 5) is 2.56. The van der Waals surface area contributed by atoms with Gasteiger partial charge in [-0.2, -0.15) is 0 Å². The van der Waals surface area contributed by atoms with Gasteiger partial charge in [-0.1, -0.05) is 13.3 Å². The van der Waals surface area contributed by atoms with Crippen molar-refractivity contribution in [2.75, 3.05) is 32.7 Å². The highest BCUT2D eigenvalue weighted by Crippen LogP contribution is 2.24. The number of piperidine rings is 2. The van der Waals surface area contributed by atoms with Crippen molar-refractivity contribution in [2.24, 2.45) is 5.73 Å². The second-order valence-corrected chi connectivity index (χ2v) is 8.25. The van der Waals surface area contributed by atoms with Crippen molar-refractivity contribution in [1.82, 2.24) is 9.21 Å². The van der Waals surface area contributed by atoms with Gasteiger partial charge in [-0.25, -0.2) is 12.7 Å². The van der Waals surface area contributed by atoms with Crippen LogP contribution in [0, 0.1) is 0 Å². The van der Waals surface area contributed by atoms with Crippen molar-refractivity contribution in [3.05, 3.63) is 0 Å². The first-order valence-corrected chi connectivity index (χ1v) is 9.53. The van der Waals surface area contributed by atoms with Crippen LogP contribution in [-0.4, -0.2) is 61.6 Å². The zero-order chi connectivity index (χ0) is 14.6. The molecule has 0 amide bonds. The quantitative estimate of drug-likeness (QED) is 0.823. The van der Waals surface area contributed by atoms with Crippen LogP contribution in [0.15, 0.2) is 0 Å². The van der Waals surface area contributed by atoms with Crippen molar-refractivity contribution in [2.45, 2.75) is 56.7 Å². The molecule has 118 valence electrons. The molecule has 0 spiro atoms. The third kappa shape index (κ3) is 3.53. The Labute approximate surface area is 123 Å². The van der Waals surface area contributed by atoms with E-state index in [9.17, 15) is 8.42 Å². The molecule has 2 saturated heterocycles. The van der Waals surface area contributed by atoms with E-state index in [1.165, 1.54) is 32.4 Å². The molecule has 0 radical (unpaired) electrons. The lowest BCUT2D eigenvalue weighted by Gasteiger charge is -2.40. The van der Waals surface area contributed by atoms with Crippen LogP contribution in [0.4, 0.5) is 0 Å². The van der Waals surface area contributed by atoms with Crippen molar-refractivity contribution in [3.63, 3.8) is 0 Å². The van der Waals surface area contributed by atoms with Crippen LogP contribution in [0.3, 0.4) is 0 Å². The summed E-state index contributed by atoms with van der Waals surface area (Å²) in [6, 6.07) is 0.583. The molecule has 2 fully saturated rings. The average Bonchev–Trinajstić information content (AvgIpc) is 2.49. The first kappa shape index (κ1) is 16.2. The van der Waals surface area contributed by atoms with Gasteiger partial charge in [-0.05, 0) is 45.2 Å². The number of likely N-dealkylation sites (tertiary alicyclic amines) is 1. The molecule has 0 aromatic heterocycles. The number of hydrogen-bond acceptors (Lipinski definition) is 4. The van der Waals surface area contributed by atoms with Gasteiger partial charge in [0.2, 0.25) is 10.0 Å². The number of nitrogens with zero attached hydrogens (tertiary/aromatic N) is 2. The molecule has 1 atom stereocenters. The largest absolute Gasteiger partial charge is 0.329 e. The van der Waals surface area contributed by atoms with Gasteiger partial charge in [0, 0.05) is 25.7 Å².